The van der Waals surface area contributed by atoms with Gasteiger partial charge in [-0.05, 0) is 24.1 Å². The maximum Gasteiger partial charge on any atom is 0.243 e. The Hall–Kier alpha value is -1.62. The van der Waals surface area contributed by atoms with E-state index in [1.165, 1.54) is 17.5 Å². The summed E-state index contributed by atoms with van der Waals surface area (Å²) in [5.74, 6) is 0. The van der Waals surface area contributed by atoms with Crippen LogP contribution in [0.4, 0.5) is 5.69 Å². The highest BCUT2D eigenvalue weighted by molar-refractivity contribution is 7.89. The average Bonchev–Trinajstić information content (AvgIpc) is 2.47. The van der Waals surface area contributed by atoms with Gasteiger partial charge in [0.2, 0.25) is 10.0 Å². The van der Waals surface area contributed by atoms with Crippen LogP contribution < -0.4 is 5.73 Å². The number of ether oxygens (including phenoxy) is 1. The quantitative estimate of drug-likeness (QED) is 0.732. The SMILES string of the molecule is CCc1ccc(S(=O)(=O)N(CCC#N)CCOC)cc1N. The first-order valence-electron chi connectivity index (χ1n) is 6.71. The molecule has 0 fully saturated rings. The fourth-order valence-electron chi connectivity index (χ4n) is 1.92. The normalized spacial score (nSPS) is 11.5. The highest BCUT2D eigenvalue weighted by Crippen LogP contribution is 2.21. The Morgan fingerprint density at radius 3 is 2.62 bits per heavy atom. The lowest BCUT2D eigenvalue weighted by atomic mass is 10.1. The van der Waals surface area contributed by atoms with Crippen molar-refractivity contribution in [1.29, 1.82) is 5.26 Å². The Morgan fingerprint density at radius 2 is 2.10 bits per heavy atom. The van der Waals surface area contributed by atoms with Crippen LogP contribution in [0.1, 0.15) is 18.9 Å². The Labute approximate surface area is 126 Å². The molecule has 0 aliphatic heterocycles. The zero-order valence-corrected chi connectivity index (χ0v) is 13.2. The molecule has 0 saturated heterocycles. The summed E-state index contributed by atoms with van der Waals surface area (Å²) in [6, 6.07) is 6.70. The molecule has 6 nitrogen and oxygen atoms in total. The molecule has 0 amide bonds. The smallest absolute Gasteiger partial charge is 0.243 e. The number of hydrogen-bond donors (Lipinski definition) is 1. The van der Waals surface area contributed by atoms with Crippen LogP contribution >= 0.6 is 0 Å². The van der Waals surface area contributed by atoms with Crippen molar-refractivity contribution in [2.45, 2.75) is 24.7 Å². The second-order valence-corrected chi connectivity index (χ2v) is 6.46. The predicted octanol–water partition coefficient (Wildman–Crippen LogP) is 1.38. The van der Waals surface area contributed by atoms with Crippen LogP contribution in [0.3, 0.4) is 0 Å². The van der Waals surface area contributed by atoms with Crippen LogP contribution in [0.25, 0.3) is 0 Å². The van der Waals surface area contributed by atoms with Crippen molar-refractivity contribution in [1.82, 2.24) is 4.31 Å². The highest BCUT2D eigenvalue weighted by Gasteiger charge is 2.24. The van der Waals surface area contributed by atoms with Gasteiger partial charge < -0.3 is 10.5 Å². The Bertz CT molecular complexity index is 608. The number of rotatable bonds is 8. The molecule has 1 aromatic carbocycles. The third-order valence-corrected chi connectivity index (χ3v) is 5.05. The number of anilines is 1. The predicted molar refractivity (Wildman–Crippen MR) is 81.1 cm³/mol. The van der Waals surface area contributed by atoms with Crippen molar-refractivity contribution < 1.29 is 13.2 Å². The Balaban J connectivity index is 3.09. The van der Waals surface area contributed by atoms with Crippen LogP contribution in [0.15, 0.2) is 23.1 Å². The molecular formula is C14H21N3O3S. The van der Waals surface area contributed by atoms with E-state index in [1.807, 2.05) is 13.0 Å². The van der Waals surface area contributed by atoms with Crippen LogP contribution in [0.5, 0.6) is 0 Å². The largest absolute Gasteiger partial charge is 0.398 e. The van der Waals surface area contributed by atoms with Crippen molar-refractivity contribution >= 4 is 15.7 Å². The molecule has 0 atom stereocenters. The van der Waals surface area contributed by atoms with E-state index < -0.39 is 10.0 Å². The standard InChI is InChI=1S/C14H21N3O3S/c1-3-12-5-6-13(11-14(12)16)21(18,19)17(8-4-7-15)9-10-20-2/h5-6,11H,3-4,8-10,16H2,1-2H3. The van der Waals surface area contributed by atoms with Gasteiger partial charge in [-0.2, -0.15) is 9.57 Å². The van der Waals surface area contributed by atoms with Crippen molar-refractivity contribution in [3.63, 3.8) is 0 Å². The van der Waals surface area contributed by atoms with Gasteiger partial charge >= 0.3 is 0 Å². The summed E-state index contributed by atoms with van der Waals surface area (Å²) >= 11 is 0. The van der Waals surface area contributed by atoms with Crippen LogP contribution in [0, 0.1) is 11.3 Å². The Kier molecular flexibility index (Phi) is 6.62. The molecule has 0 bridgehead atoms. The summed E-state index contributed by atoms with van der Waals surface area (Å²) in [6.45, 7) is 2.57. The fraction of sp³-hybridized carbons (Fsp3) is 0.500. The number of methoxy groups -OCH3 is 1. The zero-order chi connectivity index (χ0) is 15.9. The van der Waals surface area contributed by atoms with E-state index in [4.69, 9.17) is 15.7 Å². The van der Waals surface area contributed by atoms with E-state index in [0.717, 1.165) is 12.0 Å². The lowest BCUT2D eigenvalue weighted by Gasteiger charge is -2.21. The first kappa shape index (κ1) is 17.4. The summed E-state index contributed by atoms with van der Waals surface area (Å²) in [5.41, 5.74) is 7.24. The molecule has 0 unspecified atom stereocenters. The van der Waals surface area contributed by atoms with Crippen molar-refractivity contribution in [2.24, 2.45) is 0 Å². The minimum absolute atomic E-state index is 0.130. The number of hydrogen-bond acceptors (Lipinski definition) is 5. The molecule has 1 aromatic rings. The molecule has 0 aliphatic rings. The van der Waals surface area contributed by atoms with Gasteiger partial charge in [0.25, 0.3) is 0 Å². The minimum atomic E-state index is -3.67. The van der Waals surface area contributed by atoms with Crippen LogP contribution in [0.2, 0.25) is 0 Å². The lowest BCUT2D eigenvalue weighted by Crippen LogP contribution is -2.34. The molecule has 0 saturated carbocycles. The molecule has 2 N–H and O–H groups in total. The Morgan fingerprint density at radius 1 is 1.38 bits per heavy atom. The molecule has 21 heavy (non-hydrogen) atoms. The van der Waals surface area contributed by atoms with Gasteiger partial charge in [-0.3, -0.25) is 0 Å². The third kappa shape index (κ3) is 4.43. The van der Waals surface area contributed by atoms with Gasteiger partial charge in [0.1, 0.15) is 0 Å². The van der Waals surface area contributed by atoms with E-state index in [1.54, 1.807) is 12.1 Å². The number of nitrogens with two attached hydrogens (primary N) is 1. The molecular weight excluding hydrogens is 290 g/mol. The van der Waals surface area contributed by atoms with Crippen molar-refractivity contribution in [3.05, 3.63) is 23.8 Å². The first-order valence-corrected chi connectivity index (χ1v) is 8.15. The molecule has 116 valence electrons. The van der Waals surface area contributed by atoms with Gasteiger partial charge in [0.05, 0.1) is 17.6 Å². The number of sulfonamides is 1. The summed E-state index contributed by atoms with van der Waals surface area (Å²) in [7, 11) is -2.17. The fourth-order valence-corrected chi connectivity index (χ4v) is 3.39. The summed E-state index contributed by atoms with van der Waals surface area (Å²) in [6.07, 6.45) is 0.874. The molecule has 7 heteroatoms. The van der Waals surface area contributed by atoms with Crippen molar-refractivity contribution in [2.75, 3.05) is 32.5 Å². The van der Waals surface area contributed by atoms with E-state index in [9.17, 15) is 8.42 Å². The van der Waals surface area contributed by atoms with E-state index >= 15 is 0 Å². The number of nitrogens with zero attached hydrogens (tertiary/aromatic N) is 2. The molecule has 0 aromatic heterocycles. The zero-order valence-electron chi connectivity index (χ0n) is 12.4. The summed E-state index contributed by atoms with van der Waals surface area (Å²) in [5, 5.41) is 8.67. The molecule has 0 heterocycles. The minimum Gasteiger partial charge on any atom is -0.398 e. The number of nitrogen functional groups attached to an aromatic ring is 1. The van der Waals surface area contributed by atoms with Crippen molar-refractivity contribution in [3.8, 4) is 6.07 Å². The number of nitriles is 1. The molecule has 1 rings (SSSR count). The average molecular weight is 311 g/mol. The summed E-state index contributed by atoms with van der Waals surface area (Å²) in [4.78, 5) is 0.145. The maximum absolute atomic E-state index is 12.6. The molecule has 0 spiro atoms. The molecule has 0 radical (unpaired) electrons. The second-order valence-electron chi connectivity index (χ2n) is 4.52. The monoisotopic (exact) mass is 311 g/mol. The van der Waals surface area contributed by atoms with Crippen LogP contribution in [-0.2, 0) is 21.2 Å². The molecule has 0 aliphatic carbocycles. The second kappa shape index (κ2) is 7.98. The van der Waals surface area contributed by atoms with Gasteiger partial charge in [-0.25, -0.2) is 8.42 Å². The van der Waals surface area contributed by atoms with Gasteiger partial charge in [0, 0.05) is 32.3 Å². The number of benzene rings is 1. The van der Waals surface area contributed by atoms with E-state index in [-0.39, 0.29) is 31.0 Å². The van der Waals surface area contributed by atoms with Gasteiger partial charge in [0.15, 0.2) is 0 Å². The first-order chi connectivity index (χ1) is 9.97. The van der Waals surface area contributed by atoms with Gasteiger partial charge in [-0.1, -0.05) is 13.0 Å². The number of aryl methyl sites for hydroxylation is 1. The lowest BCUT2D eigenvalue weighted by molar-refractivity contribution is 0.179. The van der Waals surface area contributed by atoms with E-state index in [0.29, 0.717) is 5.69 Å². The highest BCUT2D eigenvalue weighted by atomic mass is 32.2. The maximum atomic E-state index is 12.6. The van der Waals surface area contributed by atoms with Crippen LogP contribution in [-0.4, -0.2) is 39.5 Å². The van der Waals surface area contributed by atoms with E-state index in [2.05, 4.69) is 0 Å². The topological polar surface area (TPSA) is 96.4 Å². The third-order valence-electron chi connectivity index (χ3n) is 3.15. The van der Waals surface area contributed by atoms with Gasteiger partial charge in [-0.15, -0.1) is 0 Å². The summed E-state index contributed by atoms with van der Waals surface area (Å²) < 4.78 is 31.4.